The van der Waals surface area contributed by atoms with Crippen LogP contribution in [0.3, 0.4) is 0 Å². The summed E-state index contributed by atoms with van der Waals surface area (Å²) in [6.45, 7) is 7.93. The molecule has 0 saturated carbocycles. The summed E-state index contributed by atoms with van der Waals surface area (Å²) in [5.74, 6) is 0.220. The fraction of sp³-hybridized carbons (Fsp3) is 0.364. The number of carbonyl (C=O) groups is 2. The first-order valence-electron chi connectivity index (χ1n) is 9.08. The molecule has 1 unspecified atom stereocenters. The highest BCUT2D eigenvalue weighted by molar-refractivity contribution is 5.87. The number of rotatable bonds is 7. The molecule has 0 aromatic heterocycles. The number of likely N-dealkylation sites (N-methyl/N-ethyl adjacent to an activating group) is 1. The molecule has 5 nitrogen and oxygen atoms in total. The first-order chi connectivity index (χ1) is 12.8. The van der Waals surface area contributed by atoms with E-state index >= 15 is 0 Å². The summed E-state index contributed by atoms with van der Waals surface area (Å²) >= 11 is 0. The molecule has 0 aliphatic carbocycles. The second-order valence-corrected chi connectivity index (χ2v) is 6.91. The second kappa shape index (κ2) is 9.21. The van der Waals surface area contributed by atoms with E-state index < -0.39 is 6.04 Å². The maximum atomic E-state index is 12.9. The first-order valence-corrected chi connectivity index (χ1v) is 9.08. The van der Waals surface area contributed by atoms with Gasteiger partial charge in [-0.25, -0.2) is 0 Å². The number of nitrogens with zero attached hydrogens (tertiary/aromatic N) is 1. The van der Waals surface area contributed by atoms with E-state index in [1.54, 1.807) is 18.9 Å². The Morgan fingerprint density at radius 2 is 1.70 bits per heavy atom. The van der Waals surface area contributed by atoms with Gasteiger partial charge in [0.25, 0.3) is 5.91 Å². The van der Waals surface area contributed by atoms with Crippen molar-refractivity contribution in [3.8, 4) is 5.75 Å². The molecule has 0 fully saturated rings. The Kier molecular flexibility index (Phi) is 6.99. The van der Waals surface area contributed by atoms with Crippen molar-refractivity contribution in [2.45, 2.75) is 40.3 Å². The topological polar surface area (TPSA) is 58.6 Å². The molecule has 0 spiro atoms. The summed E-state index contributed by atoms with van der Waals surface area (Å²) in [6.07, 6.45) is 0. The normalized spacial score (nSPS) is 11.6. The number of amides is 2. The number of aryl methyl sites for hydroxylation is 3. The predicted molar refractivity (Wildman–Crippen MR) is 107 cm³/mol. The van der Waals surface area contributed by atoms with Crippen LogP contribution in [0.2, 0.25) is 0 Å². The molecule has 2 rings (SSSR count). The molecule has 144 valence electrons. The van der Waals surface area contributed by atoms with Crippen LogP contribution in [0.25, 0.3) is 0 Å². The van der Waals surface area contributed by atoms with Gasteiger partial charge in [-0.15, -0.1) is 0 Å². The van der Waals surface area contributed by atoms with Crippen LogP contribution < -0.4 is 10.1 Å². The van der Waals surface area contributed by atoms with Crippen molar-refractivity contribution in [2.75, 3.05) is 13.7 Å². The van der Waals surface area contributed by atoms with E-state index in [0.717, 1.165) is 22.3 Å². The highest BCUT2D eigenvalue weighted by Gasteiger charge is 2.25. The van der Waals surface area contributed by atoms with Crippen molar-refractivity contribution in [1.29, 1.82) is 0 Å². The average Bonchev–Trinajstić information content (AvgIpc) is 2.62. The molecular formula is C22H28N2O3. The van der Waals surface area contributed by atoms with Gasteiger partial charge in [0.1, 0.15) is 11.8 Å². The van der Waals surface area contributed by atoms with Crippen molar-refractivity contribution >= 4 is 11.8 Å². The molecule has 2 aromatic carbocycles. The maximum absolute atomic E-state index is 12.9. The molecule has 1 atom stereocenters. The number of ether oxygens (including phenoxy) is 1. The Balaban J connectivity index is 2.15. The van der Waals surface area contributed by atoms with Crippen LogP contribution in [-0.4, -0.2) is 36.4 Å². The van der Waals surface area contributed by atoms with Gasteiger partial charge in [0, 0.05) is 13.6 Å². The summed E-state index contributed by atoms with van der Waals surface area (Å²) < 4.78 is 5.71. The van der Waals surface area contributed by atoms with E-state index in [4.69, 9.17) is 4.74 Å². The predicted octanol–water partition coefficient (Wildman–Crippen LogP) is 3.15. The van der Waals surface area contributed by atoms with Gasteiger partial charge in [-0.3, -0.25) is 9.59 Å². The van der Waals surface area contributed by atoms with Gasteiger partial charge in [-0.1, -0.05) is 35.9 Å². The number of hydrogen-bond donors (Lipinski definition) is 1. The van der Waals surface area contributed by atoms with E-state index in [0.29, 0.717) is 12.3 Å². The highest BCUT2D eigenvalue weighted by atomic mass is 16.5. The standard InChI is InChI=1S/C22H28N2O3/c1-15-7-6-8-19(10-15)13-24(18(4)22(26)23-5)21(25)14-27-20-11-16(2)9-17(3)12-20/h6-12,18H,13-14H2,1-5H3,(H,23,26). The molecule has 0 radical (unpaired) electrons. The second-order valence-electron chi connectivity index (χ2n) is 6.91. The molecule has 5 heteroatoms. The van der Waals surface area contributed by atoms with Gasteiger partial charge in [0.05, 0.1) is 0 Å². The minimum Gasteiger partial charge on any atom is -0.484 e. The molecule has 27 heavy (non-hydrogen) atoms. The quantitative estimate of drug-likeness (QED) is 0.817. The zero-order valence-corrected chi connectivity index (χ0v) is 16.7. The van der Waals surface area contributed by atoms with E-state index in [9.17, 15) is 9.59 Å². The summed E-state index contributed by atoms with van der Waals surface area (Å²) in [4.78, 5) is 26.5. The van der Waals surface area contributed by atoms with Crippen LogP contribution in [0.5, 0.6) is 5.75 Å². The van der Waals surface area contributed by atoms with Crippen molar-refractivity contribution in [3.05, 3.63) is 64.7 Å². The van der Waals surface area contributed by atoms with Crippen molar-refractivity contribution in [2.24, 2.45) is 0 Å². The minimum absolute atomic E-state index is 0.115. The Labute approximate surface area is 161 Å². The summed E-state index contributed by atoms with van der Waals surface area (Å²) in [5.41, 5.74) is 4.24. The lowest BCUT2D eigenvalue weighted by Gasteiger charge is -2.28. The molecule has 0 bridgehead atoms. The minimum atomic E-state index is -0.592. The Morgan fingerprint density at radius 3 is 2.30 bits per heavy atom. The zero-order chi connectivity index (χ0) is 20.0. The van der Waals surface area contributed by atoms with Gasteiger partial charge in [0.15, 0.2) is 6.61 Å². The number of benzene rings is 2. The SMILES string of the molecule is CNC(=O)C(C)N(Cc1cccc(C)c1)C(=O)COc1cc(C)cc(C)c1. The summed E-state index contributed by atoms with van der Waals surface area (Å²) in [6, 6.07) is 13.2. The van der Waals surface area contributed by atoms with Gasteiger partial charge in [0.2, 0.25) is 5.91 Å². The largest absolute Gasteiger partial charge is 0.484 e. The summed E-state index contributed by atoms with van der Waals surface area (Å²) in [5, 5.41) is 2.61. The van der Waals surface area contributed by atoms with E-state index in [-0.39, 0.29) is 18.4 Å². The molecule has 0 aliphatic heterocycles. The van der Waals surface area contributed by atoms with Crippen LogP contribution >= 0.6 is 0 Å². The fourth-order valence-corrected chi connectivity index (χ4v) is 3.04. The number of carbonyl (C=O) groups excluding carboxylic acids is 2. The Bertz CT molecular complexity index is 797. The Morgan fingerprint density at radius 1 is 1.04 bits per heavy atom. The molecule has 0 aliphatic rings. The molecule has 2 aromatic rings. The van der Waals surface area contributed by atoms with Crippen molar-refractivity contribution in [3.63, 3.8) is 0 Å². The lowest BCUT2D eigenvalue weighted by atomic mass is 10.1. The van der Waals surface area contributed by atoms with Crippen LogP contribution in [0.1, 0.15) is 29.2 Å². The van der Waals surface area contributed by atoms with Gasteiger partial charge in [-0.05, 0) is 56.5 Å². The van der Waals surface area contributed by atoms with Crippen molar-refractivity contribution < 1.29 is 14.3 Å². The average molecular weight is 368 g/mol. The van der Waals surface area contributed by atoms with Crippen LogP contribution in [0.15, 0.2) is 42.5 Å². The number of nitrogens with one attached hydrogen (secondary N) is 1. The van der Waals surface area contributed by atoms with Gasteiger partial charge in [-0.2, -0.15) is 0 Å². The van der Waals surface area contributed by atoms with E-state index in [2.05, 4.69) is 5.32 Å². The number of hydrogen-bond acceptors (Lipinski definition) is 3. The van der Waals surface area contributed by atoms with Crippen LogP contribution in [-0.2, 0) is 16.1 Å². The molecule has 2 amide bonds. The fourth-order valence-electron chi connectivity index (χ4n) is 3.04. The summed E-state index contributed by atoms with van der Waals surface area (Å²) in [7, 11) is 1.57. The lowest BCUT2D eigenvalue weighted by molar-refractivity contribution is -0.142. The van der Waals surface area contributed by atoms with E-state index in [1.165, 1.54) is 0 Å². The Hall–Kier alpha value is -2.82. The lowest BCUT2D eigenvalue weighted by Crippen LogP contribution is -2.48. The first kappa shape index (κ1) is 20.5. The smallest absolute Gasteiger partial charge is 0.261 e. The molecular weight excluding hydrogens is 340 g/mol. The third-order valence-electron chi connectivity index (χ3n) is 4.41. The molecule has 0 heterocycles. The highest BCUT2D eigenvalue weighted by Crippen LogP contribution is 2.17. The van der Waals surface area contributed by atoms with E-state index in [1.807, 2.05) is 63.2 Å². The maximum Gasteiger partial charge on any atom is 0.261 e. The van der Waals surface area contributed by atoms with Gasteiger partial charge < -0.3 is 15.0 Å². The van der Waals surface area contributed by atoms with Crippen molar-refractivity contribution in [1.82, 2.24) is 10.2 Å². The van der Waals surface area contributed by atoms with Crippen LogP contribution in [0, 0.1) is 20.8 Å². The third-order valence-corrected chi connectivity index (χ3v) is 4.41. The molecule has 1 N–H and O–H groups in total. The van der Waals surface area contributed by atoms with Crippen LogP contribution in [0.4, 0.5) is 0 Å². The van der Waals surface area contributed by atoms with Gasteiger partial charge >= 0.3 is 0 Å². The zero-order valence-electron chi connectivity index (χ0n) is 16.7. The third kappa shape index (κ3) is 5.84. The monoisotopic (exact) mass is 368 g/mol. The molecule has 0 saturated heterocycles.